The lowest BCUT2D eigenvalue weighted by atomic mass is 10.2. The van der Waals surface area contributed by atoms with Crippen LogP contribution in [0.5, 0.6) is 11.5 Å². The van der Waals surface area contributed by atoms with E-state index in [1.807, 2.05) is 0 Å². The van der Waals surface area contributed by atoms with Crippen LogP contribution >= 0.6 is 23.8 Å². The Morgan fingerprint density at radius 1 is 1.14 bits per heavy atom. The van der Waals surface area contributed by atoms with Crippen molar-refractivity contribution in [2.24, 2.45) is 0 Å². The van der Waals surface area contributed by atoms with Crippen molar-refractivity contribution >= 4 is 47.5 Å². The molecule has 28 heavy (non-hydrogen) atoms. The number of methoxy groups -OCH3 is 1. The first-order valence-corrected chi connectivity index (χ1v) is 9.97. The Morgan fingerprint density at radius 2 is 1.82 bits per heavy atom. The summed E-state index contributed by atoms with van der Waals surface area (Å²) in [5.74, 6) is -0.356. The quantitative estimate of drug-likeness (QED) is 0.504. The van der Waals surface area contributed by atoms with Gasteiger partial charge < -0.3 is 14.0 Å². The highest BCUT2D eigenvalue weighted by molar-refractivity contribution is 9.10. The topological polar surface area (TPSA) is 123 Å². The van der Waals surface area contributed by atoms with Crippen molar-refractivity contribution in [1.29, 1.82) is 0 Å². The molecule has 0 unspecified atom stereocenters. The fourth-order valence-corrected chi connectivity index (χ4v) is 3.40. The second-order valence-corrected chi connectivity index (χ2v) is 7.50. The molecule has 0 aromatic heterocycles. The minimum atomic E-state index is -4.71. The molecular weight excluding hydrogens is 457 g/mol. The van der Waals surface area contributed by atoms with Crippen LogP contribution in [0, 0.1) is 0 Å². The number of phosphoric acid groups is 1. The van der Waals surface area contributed by atoms with Gasteiger partial charge in [0, 0.05) is 0 Å². The number of hydrogen-bond acceptors (Lipinski definition) is 6. The van der Waals surface area contributed by atoms with E-state index in [1.165, 1.54) is 31.4 Å². The second-order valence-electron chi connectivity index (χ2n) is 5.49. The molecule has 2 N–H and O–H groups in total. The number of benzene rings is 2. The van der Waals surface area contributed by atoms with Crippen molar-refractivity contribution in [1.82, 2.24) is 0 Å². The van der Waals surface area contributed by atoms with Gasteiger partial charge in [-0.05, 0) is 64.0 Å². The Balaban J connectivity index is 1.85. The van der Waals surface area contributed by atoms with Crippen LogP contribution in [0.25, 0.3) is 6.08 Å². The summed E-state index contributed by atoms with van der Waals surface area (Å²) < 4.78 is 25.8. The number of amides is 2. The van der Waals surface area contributed by atoms with Gasteiger partial charge in [0.25, 0.3) is 0 Å². The lowest BCUT2D eigenvalue weighted by Gasteiger charge is -2.10. The zero-order valence-corrected chi connectivity index (χ0v) is 16.7. The van der Waals surface area contributed by atoms with E-state index in [9.17, 15) is 14.2 Å². The first kappa shape index (κ1) is 20.1. The van der Waals surface area contributed by atoms with Crippen LogP contribution in [0.2, 0.25) is 0 Å². The average Bonchev–Trinajstić information content (AvgIpc) is 2.90. The first-order chi connectivity index (χ1) is 13.2. The van der Waals surface area contributed by atoms with E-state index in [2.05, 4.69) is 20.5 Å². The Morgan fingerprint density at radius 3 is 2.39 bits per heavy atom. The third kappa shape index (κ3) is 4.42. The highest BCUT2D eigenvalue weighted by Gasteiger charge is 2.37. The number of anilines is 1. The first-order valence-electron chi connectivity index (χ1n) is 7.64. The number of imide groups is 1. The van der Waals surface area contributed by atoms with Crippen LogP contribution in [-0.4, -0.2) is 28.9 Å². The molecule has 1 aliphatic heterocycles. The SMILES string of the molecule is COc1ccc(N2C(=O)OC(=Cc3ccc(OP(=O)(O)O)c(Br)c3)C2=O)cc1. The van der Waals surface area contributed by atoms with Crippen LogP contribution in [0.15, 0.2) is 52.7 Å². The summed E-state index contributed by atoms with van der Waals surface area (Å²) in [6, 6.07) is 10.5. The fraction of sp³-hybridized carbons (Fsp3) is 0.0588. The van der Waals surface area contributed by atoms with Crippen molar-refractivity contribution in [3.8, 4) is 11.5 Å². The number of phosphoric ester groups is 1. The maximum absolute atomic E-state index is 12.6. The third-order valence-corrected chi connectivity index (χ3v) is 4.65. The Hall–Kier alpha value is -2.65. The molecule has 0 atom stereocenters. The van der Waals surface area contributed by atoms with Crippen LogP contribution < -0.4 is 14.2 Å². The predicted octanol–water partition coefficient (Wildman–Crippen LogP) is 3.45. The molecular formula is C17H13BrNO8P. The van der Waals surface area contributed by atoms with Crippen LogP contribution in [0.4, 0.5) is 10.5 Å². The van der Waals surface area contributed by atoms with Crippen molar-refractivity contribution < 1.29 is 37.9 Å². The normalized spacial score (nSPS) is 15.7. The molecule has 2 amide bonds. The second kappa shape index (κ2) is 7.76. The molecule has 3 rings (SSSR count). The Labute approximate surface area is 167 Å². The number of carbonyl (C=O) groups excluding carboxylic acids is 2. The molecule has 0 saturated carbocycles. The molecule has 1 fully saturated rings. The van der Waals surface area contributed by atoms with Gasteiger partial charge in [0.2, 0.25) is 0 Å². The summed E-state index contributed by atoms with van der Waals surface area (Å²) in [6.45, 7) is 0. The van der Waals surface area contributed by atoms with Crippen molar-refractivity contribution in [2.45, 2.75) is 0 Å². The van der Waals surface area contributed by atoms with Gasteiger partial charge in [-0.25, -0.2) is 14.3 Å². The van der Waals surface area contributed by atoms with E-state index in [1.54, 1.807) is 24.3 Å². The van der Waals surface area contributed by atoms with Crippen molar-refractivity contribution in [2.75, 3.05) is 12.0 Å². The van der Waals surface area contributed by atoms with Gasteiger partial charge >= 0.3 is 19.8 Å². The van der Waals surface area contributed by atoms with Gasteiger partial charge in [0.05, 0.1) is 17.3 Å². The van der Waals surface area contributed by atoms with E-state index in [4.69, 9.17) is 19.3 Å². The van der Waals surface area contributed by atoms with Crippen molar-refractivity contribution in [3.63, 3.8) is 0 Å². The average molecular weight is 470 g/mol. The predicted molar refractivity (Wildman–Crippen MR) is 102 cm³/mol. The maximum atomic E-state index is 12.6. The minimum Gasteiger partial charge on any atom is -0.497 e. The summed E-state index contributed by atoms with van der Waals surface area (Å²) in [7, 11) is -3.21. The molecule has 2 aromatic rings. The molecule has 0 spiro atoms. The van der Waals surface area contributed by atoms with E-state index in [0.29, 0.717) is 17.0 Å². The number of ether oxygens (including phenoxy) is 2. The molecule has 1 saturated heterocycles. The summed E-state index contributed by atoms with van der Waals surface area (Å²) in [6.07, 6.45) is 0.484. The Kier molecular flexibility index (Phi) is 5.57. The Bertz CT molecular complexity index is 1010. The number of cyclic esters (lactones) is 1. The molecule has 0 bridgehead atoms. The molecule has 9 nitrogen and oxygen atoms in total. The van der Waals surface area contributed by atoms with Gasteiger partial charge in [-0.1, -0.05) is 6.07 Å². The van der Waals surface area contributed by atoms with E-state index < -0.39 is 19.8 Å². The standard InChI is InChI=1S/C17H13BrNO8P/c1-25-12-5-3-11(4-6-12)19-16(20)15(26-17(19)21)9-10-2-7-14(13(18)8-10)27-28(22,23)24/h2-9H,1H3,(H2,22,23,24). The molecule has 1 aliphatic rings. The van der Waals surface area contributed by atoms with Crippen LogP contribution in [0.3, 0.4) is 0 Å². The molecule has 2 aromatic carbocycles. The summed E-state index contributed by atoms with van der Waals surface area (Å²) in [5.41, 5.74) is 0.767. The van der Waals surface area contributed by atoms with Crippen LogP contribution in [-0.2, 0) is 14.1 Å². The number of hydrogen-bond donors (Lipinski definition) is 2. The van der Waals surface area contributed by atoms with E-state index in [0.717, 1.165) is 4.90 Å². The maximum Gasteiger partial charge on any atom is 0.524 e. The molecule has 1 heterocycles. The summed E-state index contributed by atoms with van der Waals surface area (Å²) in [4.78, 5) is 43.3. The highest BCUT2D eigenvalue weighted by atomic mass is 79.9. The monoisotopic (exact) mass is 469 g/mol. The summed E-state index contributed by atoms with van der Waals surface area (Å²) in [5, 5.41) is 0. The minimum absolute atomic E-state index is 0.0786. The number of nitrogens with zero attached hydrogens (tertiary/aromatic N) is 1. The molecule has 0 aliphatic carbocycles. The lowest BCUT2D eigenvalue weighted by molar-refractivity contribution is -0.114. The number of rotatable bonds is 5. The largest absolute Gasteiger partial charge is 0.524 e. The molecule has 11 heteroatoms. The van der Waals surface area contributed by atoms with E-state index in [-0.39, 0.29) is 16.0 Å². The summed E-state index contributed by atoms with van der Waals surface area (Å²) >= 11 is 3.13. The van der Waals surface area contributed by atoms with Gasteiger partial charge in [-0.3, -0.25) is 14.6 Å². The van der Waals surface area contributed by atoms with Gasteiger partial charge in [-0.2, -0.15) is 0 Å². The zero-order valence-electron chi connectivity index (χ0n) is 14.2. The number of halogens is 1. The zero-order chi connectivity index (χ0) is 20.5. The lowest BCUT2D eigenvalue weighted by Crippen LogP contribution is -2.28. The third-order valence-electron chi connectivity index (χ3n) is 3.60. The van der Waals surface area contributed by atoms with Crippen molar-refractivity contribution in [3.05, 3.63) is 58.3 Å². The number of carbonyl (C=O) groups is 2. The fourth-order valence-electron chi connectivity index (χ4n) is 2.38. The molecule has 146 valence electrons. The smallest absolute Gasteiger partial charge is 0.497 e. The van der Waals surface area contributed by atoms with Gasteiger partial charge in [0.1, 0.15) is 11.5 Å². The van der Waals surface area contributed by atoms with E-state index >= 15 is 0 Å². The van der Waals surface area contributed by atoms with Gasteiger partial charge in [-0.15, -0.1) is 0 Å². The van der Waals surface area contributed by atoms with Crippen LogP contribution in [0.1, 0.15) is 5.56 Å². The van der Waals surface area contributed by atoms with Gasteiger partial charge in [0.15, 0.2) is 5.76 Å². The highest BCUT2D eigenvalue weighted by Crippen LogP contribution is 2.41. The molecule has 0 radical (unpaired) electrons.